The molecule has 8 heteroatoms. The standard InChI is InChI=1S/C27H27FN2O5/c1-3-34-25(32)20-14-30(18-9-10-18)23-16(2)22(21(28)13-19(23)24(20)31)27(11-12-27)29-26(33)35-15-17-7-5-4-6-8-17/h4-8,13-14,18H,3,9-12,15H2,1-2H3,(H,29,33). The lowest BCUT2D eigenvalue weighted by molar-refractivity contribution is 0.0524. The molecule has 0 aliphatic heterocycles. The largest absolute Gasteiger partial charge is 0.462 e. The maximum Gasteiger partial charge on any atom is 0.408 e. The van der Waals surface area contributed by atoms with Gasteiger partial charge in [0, 0.05) is 23.2 Å². The van der Waals surface area contributed by atoms with Gasteiger partial charge in [0.05, 0.1) is 17.7 Å². The number of alkyl carbamates (subject to hydrolysis) is 1. The molecule has 2 aromatic carbocycles. The van der Waals surface area contributed by atoms with Crippen molar-refractivity contribution in [1.82, 2.24) is 9.88 Å². The van der Waals surface area contributed by atoms with Gasteiger partial charge in [0.15, 0.2) is 0 Å². The van der Waals surface area contributed by atoms with Crippen molar-refractivity contribution in [3.8, 4) is 0 Å². The highest BCUT2D eigenvalue weighted by molar-refractivity contribution is 5.95. The summed E-state index contributed by atoms with van der Waals surface area (Å²) in [6, 6.07) is 10.6. The smallest absolute Gasteiger partial charge is 0.408 e. The molecule has 7 nitrogen and oxygen atoms in total. The first kappa shape index (κ1) is 23.1. The molecular formula is C27H27FN2O5. The number of halogens is 1. The summed E-state index contributed by atoms with van der Waals surface area (Å²) in [7, 11) is 0. The summed E-state index contributed by atoms with van der Waals surface area (Å²) in [5, 5.41) is 3.01. The molecule has 182 valence electrons. The number of aromatic nitrogens is 1. The molecule has 35 heavy (non-hydrogen) atoms. The molecule has 3 aromatic rings. The molecule has 0 unspecified atom stereocenters. The average Bonchev–Trinajstić information content (AvgIpc) is 3.76. The van der Waals surface area contributed by atoms with Crippen LogP contribution in [0.1, 0.15) is 65.7 Å². The van der Waals surface area contributed by atoms with Crippen molar-refractivity contribution in [2.75, 3.05) is 6.61 Å². The van der Waals surface area contributed by atoms with E-state index in [4.69, 9.17) is 9.47 Å². The van der Waals surface area contributed by atoms with Crippen molar-refractivity contribution >= 4 is 23.0 Å². The molecule has 2 aliphatic carbocycles. The number of ether oxygens (including phenoxy) is 2. The highest BCUT2D eigenvalue weighted by Crippen LogP contribution is 2.49. The van der Waals surface area contributed by atoms with Crippen LogP contribution in [-0.4, -0.2) is 23.2 Å². The Balaban J connectivity index is 1.52. The van der Waals surface area contributed by atoms with Gasteiger partial charge >= 0.3 is 12.1 Å². The van der Waals surface area contributed by atoms with E-state index in [2.05, 4.69) is 5.32 Å². The molecule has 1 heterocycles. The van der Waals surface area contributed by atoms with Gasteiger partial charge in [-0.2, -0.15) is 0 Å². The van der Waals surface area contributed by atoms with Crippen LogP contribution in [0.25, 0.3) is 10.9 Å². The normalized spacial score (nSPS) is 16.1. The molecule has 0 atom stereocenters. The van der Waals surface area contributed by atoms with Gasteiger partial charge in [-0.3, -0.25) is 4.79 Å². The van der Waals surface area contributed by atoms with Crippen LogP contribution < -0.4 is 10.7 Å². The number of aryl methyl sites for hydroxylation is 1. The Hall–Kier alpha value is -3.68. The molecule has 0 bridgehead atoms. The summed E-state index contributed by atoms with van der Waals surface area (Å²) in [4.78, 5) is 38.1. The monoisotopic (exact) mass is 478 g/mol. The van der Waals surface area contributed by atoms with Crippen LogP contribution in [0, 0.1) is 12.7 Å². The van der Waals surface area contributed by atoms with Gasteiger partial charge in [0.2, 0.25) is 5.43 Å². The topological polar surface area (TPSA) is 86.6 Å². The van der Waals surface area contributed by atoms with E-state index >= 15 is 4.39 Å². The Morgan fingerprint density at radius 1 is 1.17 bits per heavy atom. The number of hydrogen-bond donors (Lipinski definition) is 1. The molecule has 2 aliphatic rings. The summed E-state index contributed by atoms with van der Waals surface area (Å²) in [5.41, 5.74) is 0.852. The van der Waals surface area contributed by atoms with Gasteiger partial charge < -0.3 is 19.4 Å². The third-order valence-corrected chi connectivity index (χ3v) is 6.73. The molecule has 1 N–H and O–H groups in total. The number of carbonyl (C=O) groups is 2. The molecule has 2 saturated carbocycles. The maximum absolute atomic E-state index is 15.6. The Labute approximate surface area is 201 Å². The quantitative estimate of drug-likeness (QED) is 0.490. The fourth-order valence-electron chi connectivity index (χ4n) is 4.78. The van der Waals surface area contributed by atoms with Crippen LogP contribution in [-0.2, 0) is 21.6 Å². The van der Waals surface area contributed by atoms with Gasteiger partial charge in [-0.05, 0) is 56.7 Å². The Kier molecular flexibility index (Phi) is 5.83. The molecular weight excluding hydrogens is 451 g/mol. The van der Waals surface area contributed by atoms with Gasteiger partial charge in [-0.15, -0.1) is 0 Å². The van der Waals surface area contributed by atoms with Crippen LogP contribution >= 0.6 is 0 Å². The van der Waals surface area contributed by atoms with Gasteiger partial charge in [0.1, 0.15) is 18.0 Å². The number of pyridine rings is 1. The number of rotatable bonds is 7. The van der Waals surface area contributed by atoms with E-state index in [1.807, 2.05) is 34.9 Å². The zero-order valence-corrected chi connectivity index (χ0v) is 19.7. The second-order valence-corrected chi connectivity index (χ2v) is 9.25. The number of carbonyl (C=O) groups excluding carboxylic acids is 2. The van der Waals surface area contributed by atoms with E-state index < -0.39 is 28.8 Å². The minimum absolute atomic E-state index is 0.0958. The molecule has 2 fully saturated rings. The zero-order valence-electron chi connectivity index (χ0n) is 19.7. The molecule has 1 aromatic heterocycles. The second kappa shape index (κ2) is 8.83. The molecule has 1 amide bonds. The number of nitrogens with zero attached hydrogens (tertiary/aromatic N) is 1. The number of fused-ring (bicyclic) bond motifs is 1. The first-order chi connectivity index (χ1) is 16.8. The third-order valence-electron chi connectivity index (χ3n) is 6.73. The van der Waals surface area contributed by atoms with E-state index in [1.54, 1.807) is 13.8 Å². The van der Waals surface area contributed by atoms with Crippen molar-refractivity contribution in [3.05, 3.63) is 80.9 Å². The summed E-state index contributed by atoms with van der Waals surface area (Å²) >= 11 is 0. The van der Waals surface area contributed by atoms with Crippen molar-refractivity contribution in [2.45, 2.75) is 57.7 Å². The highest BCUT2D eigenvalue weighted by atomic mass is 19.1. The minimum Gasteiger partial charge on any atom is -0.462 e. The Morgan fingerprint density at radius 3 is 2.51 bits per heavy atom. The molecule has 0 saturated heterocycles. The fourth-order valence-corrected chi connectivity index (χ4v) is 4.78. The number of benzene rings is 2. The average molecular weight is 479 g/mol. The highest BCUT2D eigenvalue weighted by Gasteiger charge is 2.49. The van der Waals surface area contributed by atoms with Crippen LogP contribution in [0.3, 0.4) is 0 Å². The molecule has 5 rings (SSSR count). The van der Waals surface area contributed by atoms with E-state index in [-0.39, 0.29) is 30.2 Å². The van der Waals surface area contributed by atoms with Gasteiger partial charge in [0.25, 0.3) is 0 Å². The van der Waals surface area contributed by atoms with Gasteiger partial charge in [-0.25, -0.2) is 14.0 Å². The zero-order chi connectivity index (χ0) is 24.7. The van der Waals surface area contributed by atoms with Crippen molar-refractivity contribution < 1.29 is 23.5 Å². The summed E-state index contributed by atoms with van der Waals surface area (Å²) in [5.74, 6) is -1.30. The number of hydrogen-bond acceptors (Lipinski definition) is 5. The number of esters is 1. The third kappa shape index (κ3) is 4.29. The summed E-state index contributed by atoms with van der Waals surface area (Å²) in [6.07, 6.45) is 3.85. The van der Waals surface area contributed by atoms with Crippen LogP contribution in [0.15, 0.2) is 47.4 Å². The van der Waals surface area contributed by atoms with E-state index in [1.165, 1.54) is 12.3 Å². The van der Waals surface area contributed by atoms with Crippen molar-refractivity contribution in [3.63, 3.8) is 0 Å². The second-order valence-electron chi connectivity index (χ2n) is 9.25. The van der Waals surface area contributed by atoms with Crippen LogP contribution in [0.5, 0.6) is 0 Å². The van der Waals surface area contributed by atoms with Crippen molar-refractivity contribution in [2.24, 2.45) is 0 Å². The van der Waals surface area contributed by atoms with E-state index in [0.717, 1.165) is 18.4 Å². The SMILES string of the molecule is CCOC(=O)c1cn(C2CC2)c2c(C)c(C3(NC(=O)OCc4ccccc4)CC3)c(F)cc2c1=O. The summed E-state index contributed by atoms with van der Waals surface area (Å²) in [6.45, 7) is 3.68. The first-order valence-electron chi connectivity index (χ1n) is 11.9. The Morgan fingerprint density at radius 2 is 1.89 bits per heavy atom. The summed E-state index contributed by atoms with van der Waals surface area (Å²) < 4.78 is 27.9. The Bertz CT molecular complexity index is 1370. The van der Waals surface area contributed by atoms with Crippen LogP contribution in [0.4, 0.5) is 9.18 Å². The lowest BCUT2D eigenvalue weighted by atomic mass is 9.94. The van der Waals surface area contributed by atoms with E-state index in [0.29, 0.717) is 29.5 Å². The van der Waals surface area contributed by atoms with Crippen molar-refractivity contribution in [1.29, 1.82) is 0 Å². The fraction of sp³-hybridized carbons (Fsp3) is 0.370. The van der Waals surface area contributed by atoms with Crippen LogP contribution in [0.2, 0.25) is 0 Å². The van der Waals surface area contributed by atoms with E-state index in [9.17, 15) is 14.4 Å². The predicted molar refractivity (Wildman–Crippen MR) is 128 cm³/mol. The predicted octanol–water partition coefficient (Wildman–Crippen LogP) is 4.88. The molecule has 0 spiro atoms. The lowest BCUT2D eigenvalue weighted by Gasteiger charge is -2.23. The van der Waals surface area contributed by atoms with Gasteiger partial charge in [-0.1, -0.05) is 30.3 Å². The number of nitrogens with one attached hydrogen (secondary N) is 1. The lowest BCUT2D eigenvalue weighted by Crippen LogP contribution is -2.36. The first-order valence-corrected chi connectivity index (χ1v) is 11.9. The maximum atomic E-state index is 15.6. The molecule has 0 radical (unpaired) electrons. The minimum atomic E-state index is -0.889. The number of amides is 1.